The van der Waals surface area contributed by atoms with Gasteiger partial charge in [0.25, 0.3) is 11.5 Å². The molecule has 2 aromatic heterocycles. The van der Waals surface area contributed by atoms with Gasteiger partial charge in [-0.05, 0) is 29.8 Å². The fraction of sp³-hybridized carbons (Fsp3) is 0.143. The molecule has 1 amide bonds. The van der Waals surface area contributed by atoms with Gasteiger partial charge in [0.2, 0.25) is 0 Å². The predicted molar refractivity (Wildman–Crippen MR) is 116 cm³/mol. The van der Waals surface area contributed by atoms with Crippen LogP contribution in [0.2, 0.25) is 5.02 Å². The summed E-state index contributed by atoms with van der Waals surface area (Å²) in [5, 5.41) is 7.90. The number of rotatable bonds is 4. The third kappa shape index (κ3) is 4.37. The van der Waals surface area contributed by atoms with Gasteiger partial charge in [-0.25, -0.2) is 9.67 Å². The number of hydrogen-bond donors (Lipinski definition) is 1. The molecule has 4 aromatic rings. The summed E-state index contributed by atoms with van der Waals surface area (Å²) < 4.78 is 40.0. The molecule has 0 unspecified atom stereocenters. The number of halogens is 4. The van der Waals surface area contributed by atoms with E-state index in [0.29, 0.717) is 21.2 Å². The molecule has 0 aliphatic heterocycles. The Hall–Kier alpha value is -3.24. The van der Waals surface area contributed by atoms with Crippen molar-refractivity contribution in [2.24, 2.45) is 7.05 Å². The minimum absolute atomic E-state index is 0.0559. The molecule has 6 nitrogen and oxygen atoms in total. The lowest BCUT2D eigenvalue weighted by Crippen LogP contribution is -2.25. The topological polar surface area (TPSA) is 76.9 Å². The summed E-state index contributed by atoms with van der Waals surface area (Å²) in [6.45, 7) is 0. The average Bonchev–Trinajstić information content (AvgIpc) is 3.18. The second kappa shape index (κ2) is 8.36. The predicted octanol–water partition coefficient (Wildman–Crippen LogP) is 4.91. The zero-order valence-electron chi connectivity index (χ0n) is 16.4. The summed E-state index contributed by atoms with van der Waals surface area (Å²) in [5.41, 5.74) is -0.761. The number of anilines is 1. The van der Waals surface area contributed by atoms with Crippen LogP contribution >= 0.6 is 22.9 Å². The molecule has 11 heteroatoms. The number of aromatic nitrogens is 3. The molecule has 1 N–H and O–H groups in total. The minimum atomic E-state index is -4.47. The van der Waals surface area contributed by atoms with E-state index in [0.717, 1.165) is 28.2 Å². The van der Waals surface area contributed by atoms with Crippen molar-refractivity contribution in [1.82, 2.24) is 14.8 Å². The largest absolute Gasteiger partial charge is 0.416 e. The third-order valence-electron chi connectivity index (χ3n) is 4.68. The van der Waals surface area contributed by atoms with Crippen molar-refractivity contribution in [3.8, 4) is 0 Å². The van der Waals surface area contributed by atoms with Gasteiger partial charge in [-0.3, -0.25) is 14.9 Å². The van der Waals surface area contributed by atoms with Crippen molar-refractivity contribution in [1.29, 1.82) is 0 Å². The molecular weight excluding hydrogens is 465 g/mol. The van der Waals surface area contributed by atoms with Crippen molar-refractivity contribution in [3.05, 3.63) is 85.7 Å². The van der Waals surface area contributed by atoms with Gasteiger partial charge in [-0.1, -0.05) is 29.8 Å². The molecule has 0 aliphatic rings. The standard InChI is InChI=1S/C21H14ClF3N4O2S/c1-29-19(31)15-5-3-2-4-14(15)17(28-29)18(30)27-20-26-10-13(32-20)9-11-8-12(21(23,24)25)6-7-16(11)22/h2-8,10H,9H2,1H3,(H,26,27,30). The fourth-order valence-corrected chi connectivity index (χ4v) is 4.16. The fourth-order valence-electron chi connectivity index (χ4n) is 3.15. The Morgan fingerprint density at radius 2 is 1.91 bits per heavy atom. The SMILES string of the molecule is Cn1nc(C(=O)Nc2ncc(Cc3cc(C(F)(F)F)ccc3Cl)s2)c2ccccc2c1=O. The van der Waals surface area contributed by atoms with Gasteiger partial charge in [0, 0.05) is 35.0 Å². The second-order valence-corrected chi connectivity index (χ2v) is 8.41. The normalized spacial score (nSPS) is 11.7. The lowest BCUT2D eigenvalue weighted by Gasteiger charge is -2.09. The monoisotopic (exact) mass is 478 g/mol. The first kappa shape index (κ1) is 22.0. The van der Waals surface area contributed by atoms with Crippen LogP contribution in [0.25, 0.3) is 10.8 Å². The molecule has 0 spiro atoms. The van der Waals surface area contributed by atoms with Crippen LogP contribution in [0.5, 0.6) is 0 Å². The molecule has 164 valence electrons. The number of benzene rings is 2. The Balaban J connectivity index is 1.57. The number of thiazole rings is 1. The Labute approximate surface area is 188 Å². The van der Waals surface area contributed by atoms with Crippen LogP contribution in [-0.4, -0.2) is 20.7 Å². The average molecular weight is 479 g/mol. The molecule has 0 radical (unpaired) electrons. The van der Waals surface area contributed by atoms with Crippen LogP contribution in [0.4, 0.5) is 18.3 Å². The van der Waals surface area contributed by atoms with Crippen molar-refractivity contribution in [2.75, 3.05) is 5.32 Å². The molecule has 2 heterocycles. The van der Waals surface area contributed by atoms with Crippen molar-refractivity contribution < 1.29 is 18.0 Å². The van der Waals surface area contributed by atoms with Gasteiger partial charge in [0.15, 0.2) is 10.8 Å². The molecule has 32 heavy (non-hydrogen) atoms. The number of amides is 1. The Morgan fingerprint density at radius 1 is 1.19 bits per heavy atom. The van der Waals surface area contributed by atoms with E-state index in [4.69, 9.17) is 11.6 Å². The maximum absolute atomic E-state index is 13.0. The van der Waals surface area contributed by atoms with E-state index in [-0.39, 0.29) is 27.8 Å². The number of carbonyl (C=O) groups excluding carboxylic acids is 1. The number of nitrogens with zero attached hydrogens (tertiary/aromatic N) is 3. The Bertz CT molecular complexity index is 1400. The van der Waals surface area contributed by atoms with E-state index in [1.165, 1.54) is 19.3 Å². The Morgan fingerprint density at radius 3 is 2.62 bits per heavy atom. The summed E-state index contributed by atoms with van der Waals surface area (Å²) in [5.74, 6) is -0.560. The van der Waals surface area contributed by atoms with Gasteiger partial charge in [-0.15, -0.1) is 11.3 Å². The maximum atomic E-state index is 13.0. The molecule has 2 aromatic carbocycles. The number of carbonyl (C=O) groups is 1. The smallest absolute Gasteiger partial charge is 0.296 e. The zero-order valence-corrected chi connectivity index (χ0v) is 18.0. The van der Waals surface area contributed by atoms with E-state index < -0.39 is 17.6 Å². The first-order chi connectivity index (χ1) is 15.1. The van der Waals surface area contributed by atoms with E-state index >= 15 is 0 Å². The molecule has 4 rings (SSSR count). The Kier molecular flexibility index (Phi) is 5.74. The number of hydrogen-bond acceptors (Lipinski definition) is 5. The van der Waals surface area contributed by atoms with Crippen molar-refractivity contribution in [2.45, 2.75) is 12.6 Å². The molecule has 0 saturated heterocycles. The summed E-state index contributed by atoms with van der Waals surface area (Å²) in [7, 11) is 1.45. The van der Waals surface area contributed by atoms with Crippen LogP contribution in [-0.2, 0) is 19.6 Å². The van der Waals surface area contributed by atoms with Crippen LogP contribution in [0.15, 0.2) is 53.5 Å². The highest BCUT2D eigenvalue weighted by atomic mass is 35.5. The molecule has 0 fully saturated rings. The van der Waals surface area contributed by atoms with Gasteiger partial charge < -0.3 is 0 Å². The first-order valence-corrected chi connectivity index (χ1v) is 10.4. The highest BCUT2D eigenvalue weighted by Crippen LogP contribution is 2.33. The number of alkyl halides is 3. The van der Waals surface area contributed by atoms with E-state index in [1.807, 2.05) is 0 Å². The second-order valence-electron chi connectivity index (χ2n) is 6.89. The summed E-state index contributed by atoms with van der Waals surface area (Å²) in [6.07, 6.45) is -2.89. The van der Waals surface area contributed by atoms with E-state index in [1.54, 1.807) is 24.3 Å². The van der Waals surface area contributed by atoms with Crippen LogP contribution < -0.4 is 10.9 Å². The highest BCUT2D eigenvalue weighted by molar-refractivity contribution is 7.15. The van der Waals surface area contributed by atoms with Gasteiger partial charge in [0.1, 0.15) is 0 Å². The molecule has 0 saturated carbocycles. The first-order valence-electron chi connectivity index (χ1n) is 9.21. The summed E-state index contributed by atoms with van der Waals surface area (Å²) in [4.78, 5) is 29.8. The summed E-state index contributed by atoms with van der Waals surface area (Å²) in [6, 6.07) is 9.76. The third-order valence-corrected chi connectivity index (χ3v) is 5.96. The van der Waals surface area contributed by atoms with Crippen molar-refractivity contribution >= 4 is 44.7 Å². The van der Waals surface area contributed by atoms with E-state index in [9.17, 15) is 22.8 Å². The lowest BCUT2D eigenvalue weighted by atomic mass is 10.1. The summed E-state index contributed by atoms with van der Waals surface area (Å²) >= 11 is 7.17. The highest BCUT2D eigenvalue weighted by Gasteiger charge is 2.31. The molecule has 0 atom stereocenters. The van der Waals surface area contributed by atoms with Gasteiger partial charge >= 0.3 is 6.18 Å². The lowest BCUT2D eigenvalue weighted by molar-refractivity contribution is -0.137. The number of aryl methyl sites for hydroxylation is 1. The minimum Gasteiger partial charge on any atom is -0.296 e. The molecular formula is C21H14ClF3N4O2S. The maximum Gasteiger partial charge on any atom is 0.416 e. The number of fused-ring (bicyclic) bond motifs is 1. The molecule has 0 bridgehead atoms. The van der Waals surface area contributed by atoms with Crippen molar-refractivity contribution in [3.63, 3.8) is 0 Å². The number of nitrogens with one attached hydrogen (secondary N) is 1. The van der Waals surface area contributed by atoms with Crippen LogP contribution in [0.1, 0.15) is 26.5 Å². The van der Waals surface area contributed by atoms with Crippen LogP contribution in [0.3, 0.4) is 0 Å². The molecule has 0 aliphatic carbocycles. The quantitative estimate of drug-likeness (QED) is 0.452. The van der Waals surface area contributed by atoms with E-state index in [2.05, 4.69) is 15.4 Å². The van der Waals surface area contributed by atoms with Crippen LogP contribution in [0, 0.1) is 0 Å². The van der Waals surface area contributed by atoms with Gasteiger partial charge in [-0.2, -0.15) is 18.3 Å². The zero-order chi connectivity index (χ0) is 23.0. The van der Waals surface area contributed by atoms with Gasteiger partial charge in [0.05, 0.1) is 10.9 Å².